The highest BCUT2D eigenvalue weighted by atomic mass is 15.0. The SMILES string of the molecule is c1ccc(-n2c3ccccc3c3ccccc3c3ccccc3c3cc4c(cc32)c2ccccc2n4-c2ccccc2)cc1. The number of aromatic nitrogens is 2. The molecule has 2 heterocycles. The van der Waals surface area contributed by atoms with Gasteiger partial charge in [-0.1, -0.05) is 121 Å². The molecule has 0 N–H and O–H groups in total. The number of para-hydroxylation sites is 4. The first kappa shape index (κ1) is 24.7. The molecule has 0 spiro atoms. The lowest BCUT2D eigenvalue weighted by Gasteiger charge is -2.14. The topological polar surface area (TPSA) is 9.86 Å². The predicted octanol–water partition coefficient (Wildman–Crippen LogP) is 11.3. The summed E-state index contributed by atoms with van der Waals surface area (Å²) >= 11 is 0. The second-order valence-corrected chi connectivity index (χ2v) is 11.4. The minimum Gasteiger partial charge on any atom is -0.309 e. The smallest absolute Gasteiger partial charge is 0.0548 e. The van der Waals surface area contributed by atoms with Gasteiger partial charge in [0.05, 0.1) is 22.1 Å². The third-order valence-corrected chi connectivity index (χ3v) is 8.93. The molecule has 0 amide bonds. The first-order valence-corrected chi connectivity index (χ1v) is 15.1. The van der Waals surface area contributed by atoms with E-state index in [1.54, 1.807) is 0 Å². The number of rotatable bonds is 2. The molecule has 2 nitrogen and oxygen atoms in total. The Labute approximate surface area is 255 Å². The number of nitrogens with zero attached hydrogens (tertiary/aromatic N) is 2. The van der Waals surface area contributed by atoms with E-state index in [9.17, 15) is 0 Å². The summed E-state index contributed by atoms with van der Waals surface area (Å²) in [5.74, 6) is 0. The maximum absolute atomic E-state index is 2.46. The quantitative estimate of drug-likeness (QED) is 0.199. The van der Waals surface area contributed by atoms with Gasteiger partial charge in [0, 0.05) is 32.9 Å². The number of hydrogen-bond acceptors (Lipinski definition) is 0. The lowest BCUT2D eigenvalue weighted by atomic mass is 10.0. The second-order valence-electron chi connectivity index (χ2n) is 11.4. The Balaban J connectivity index is 1.66. The lowest BCUT2D eigenvalue weighted by Crippen LogP contribution is -1.98. The van der Waals surface area contributed by atoms with E-state index < -0.39 is 0 Å². The van der Waals surface area contributed by atoms with Crippen LogP contribution in [0.5, 0.6) is 0 Å². The van der Waals surface area contributed by atoms with Crippen LogP contribution in [0.3, 0.4) is 0 Å². The summed E-state index contributed by atoms with van der Waals surface area (Å²) in [7, 11) is 0. The Bertz CT molecular complexity index is 2590. The molecule has 2 aromatic heterocycles. The van der Waals surface area contributed by atoms with Crippen molar-refractivity contribution in [3.05, 3.63) is 170 Å². The molecule has 9 aromatic rings. The van der Waals surface area contributed by atoms with Crippen molar-refractivity contribution < 1.29 is 0 Å². The fourth-order valence-corrected chi connectivity index (χ4v) is 7.05. The van der Waals surface area contributed by atoms with Gasteiger partial charge in [0.2, 0.25) is 0 Å². The van der Waals surface area contributed by atoms with Crippen molar-refractivity contribution in [2.24, 2.45) is 0 Å². The van der Waals surface area contributed by atoms with Crippen LogP contribution in [0.1, 0.15) is 0 Å². The van der Waals surface area contributed by atoms with Gasteiger partial charge in [-0.25, -0.2) is 0 Å². The van der Waals surface area contributed by atoms with Gasteiger partial charge in [-0.3, -0.25) is 0 Å². The van der Waals surface area contributed by atoms with E-state index in [0.29, 0.717) is 0 Å². The minimum atomic E-state index is 1.13. The monoisotopic (exact) mass is 560 g/mol. The first-order chi connectivity index (χ1) is 21.9. The Kier molecular flexibility index (Phi) is 5.54. The largest absolute Gasteiger partial charge is 0.309 e. The van der Waals surface area contributed by atoms with E-state index in [1.807, 2.05) is 0 Å². The highest BCUT2D eigenvalue weighted by Gasteiger charge is 2.16. The molecule has 0 radical (unpaired) electrons. The Morgan fingerprint density at radius 1 is 0.227 bits per heavy atom. The van der Waals surface area contributed by atoms with Crippen LogP contribution in [0, 0.1) is 0 Å². The average Bonchev–Trinajstić information content (AvgIpc) is 3.43. The highest BCUT2D eigenvalue weighted by molar-refractivity contribution is 6.22. The fraction of sp³-hybridized carbons (Fsp3) is 0. The molecule has 0 saturated heterocycles. The third-order valence-electron chi connectivity index (χ3n) is 8.93. The number of benzene rings is 7. The fourth-order valence-electron chi connectivity index (χ4n) is 7.05. The van der Waals surface area contributed by atoms with E-state index in [1.165, 1.54) is 54.1 Å². The maximum atomic E-state index is 2.46. The zero-order valence-corrected chi connectivity index (χ0v) is 24.1. The van der Waals surface area contributed by atoms with Gasteiger partial charge >= 0.3 is 0 Å². The van der Waals surface area contributed by atoms with Gasteiger partial charge in [-0.05, 0) is 70.1 Å². The van der Waals surface area contributed by atoms with Crippen molar-refractivity contribution in [3.63, 3.8) is 0 Å². The van der Waals surface area contributed by atoms with Crippen molar-refractivity contribution in [2.45, 2.75) is 0 Å². The van der Waals surface area contributed by atoms with Crippen LogP contribution >= 0.6 is 0 Å². The molecule has 0 aliphatic heterocycles. The highest BCUT2D eigenvalue weighted by Crippen LogP contribution is 2.39. The van der Waals surface area contributed by atoms with Gasteiger partial charge in [0.25, 0.3) is 0 Å². The molecule has 7 aromatic carbocycles. The molecule has 9 rings (SSSR count). The molecule has 0 bridgehead atoms. The molecule has 0 atom stereocenters. The van der Waals surface area contributed by atoms with E-state index in [0.717, 1.165) is 22.4 Å². The van der Waals surface area contributed by atoms with Crippen LogP contribution in [0.4, 0.5) is 0 Å². The van der Waals surface area contributed by atoms with Crippen LogP contribution in [-0.2, 0) is 0 Å². The van der Waals surface area contributed by atoms with Gasteiger partial charge in [-0.2, -0.15) is 0 Å². The number of fused-ring (bicyclic) bond motifs is 10. The van der Waals surface area contributed by atoms with Crippen LogP contribution in [0.15, 0.2) is 170 Å². The molecular formula is C42H28N2. The maximum Gasteiger partial charge on any atom is 0.0548 e. The zero-order chi connectivity index (χ0) is 29.0. The summed E-state index contributed by atoms with van der Waals surface area (Å²) in [6.07, 6.45) is 0. The summed E-state index contributed by atoms with van der Waals surface area (Å²) in [5, 5.41) is 9.80. The van der Waals surface area contributed by atoms with Gasteiger partial charge < -0.3 is 9.13 Å². The second kappa shape index (κ2) is 9.86. The van der Waals surface area contributed by atoms with Gasteiger partial charge in [-0.15, -0.1) is 0 Å². The Morgan fingerprint density at radius 3 is 0.977 bits per heavy atom. The van der Waals surface area contributed by atoms with Crippen molar-refractivity contribution in [1.29, 1.82) is 0 Å². The lowest BCUT2D eigenvalue weighted by molar-refractivity contribution is 1.17. The van der Waals surface area contributed by atoms with E-state index in [4.69, 9.17) is 0 Å². The third kappa shape index (κ3) is 3.68. The minimum absolute atomic E-state index is 1.13. The molecule has 0 fully saturated rings. The molecule has 206 valence electrons. The van der Waals surface area contributed by atoms with Gasteiger partial charge in [0.15, 0.2) is 0 Å². The first-order valence-electron chi connectivity index (χ1n) is 15.1. The Hall–Kier alpha value is -5.86. The van der Waals surface area contributed by atoms with Crippen LogP contribution in [0.2, 0.25) is 0 Å². The normalized spacial score (nSPS) is 11.6. The van der Waals surface area contributed by atoms with Crippen molar-refractivity contribution in [2.75, 3.05) is 0 Å². The summed E-state index contributed by atoms with van der Waals surface area (Å²) in [6, 6.07) is 61.7. The molecule has 0 aliphatic carbocycles. The molecular weight excluding hydrogens is 532 g/mol. The predicted molar refractivity (Wildman–Crippen MR) is 188 cm³/mol. The summed E-state index contributed by atoms with van der Waals surface area (Å²) in [4.78, 5) is 0. The molecule has 44 heavy (non-hydrogen) atoms. The van der Waals surface area contributed by atoms with E-state index >= 15 is 0 Å². The summed E-state index contributed by atoms with van der Waals surface area (Å²) < 4.78 is 4.87. The molecule has 0 unspecified atom stereocenters. The molecule has 2 heteroatoms. The van der Waals surface area contributed by atoms with E-state index in [2.05, 4.69) is 179 Å². The standard InChI is InChI=1S/C42H28N2/c1-3-15-29(16-4-1)43-39-25-13-11-23-35(39)33-21-9-7-19-31(33)32-20-8-10-22-34(32)37-27-42-38(28-41(37)43)36-24-12-14-26-40(36)44(42)30-17-5-2-6-18-30/h1-28H. The molecule has 0 saturated carbocycles. The van der Waals surface area contributed by atoms with Crippen molar-refractivity contribution >= 4 is 65.2 Å². The zero-order valence-electron chi connectivity index (χ0n) is 24.1. The molecule has 0 aliphatic rings. The Morgan fingerprint density at radius 2 is 0.523 bits per heavy atom. The van der Waals surface area contributed by atoms with E-state index in [-0.39, 0.29) is 0 Å². The summed E-state index contributed by atoms with van der Waals surface area (Å²) in [5.41, 5.74) is 7.00. The van der Waals surface area contributed by atoms with Crippen molar-refractivity contribution in [3.8, 4) is 11.4 Å². The van der Waals surface area contributed by atoms with Crippen LogP contribution < -0.4 is 0 Å². The van der Waals surface area contributed by atoms with Gasteiger partial charge in [0.1, 0.15) is 0 Å². The average molecular weight is 561 g/mol. The number of hydrogen-bond donors (Lipinski definition) is 0. The van der Waals surface area contributed by atoms with Crippen LogP contribution in [0.25, 0.3) is 76.5 Å². The van der Waals surface area contributed by atoms with Crippen molar-refractivity contribution in [1.82, 2.24) is 9.13 Å². The van der Waals surface area contributed by atoms with Crippen LogP contribution in [-0.4, -0.2) is 9.13 Å². The summed E-state index contributed by atoms with van der Waals surface area (Å²) in [6.45, 7) is 0.